The van der Waals surface area contributed by atoms with Gasteiger partial charge in [-0.15, -0.1) is 0 Å². The molecule has 1 heterocycles. The van der Waals surface area contributed by atoms with Gasteiger partial charge in [0.25, 0.3) is 0 Å². The quantitative estimate of drug-likeness (QED) is 0.655. The molecule has 1 aliphatic heterocycles. The molecule has 0 amide bonds. The number of fused-ring (bicyclic) bond motifs is 1. The maximum atomic E-state index is 12.3. The van der Waals surface area contributed by atoms with Crippen LogP contribution < -0.4 is 5.32 Å². The van der Waals surface area contributed by atoms with Crippen LogP contribution in [-0.2, 0) is 11.2 Å². The fourth-order valence-electron chi connectivity index (χ4n) is 3.18. The van der Waals surface area contributed by atoms with Gasteiger partial charge in [-0.05, 0) is 62.3 Å². The van der Waals surface area contributed by atoms with Crippen molar-refractivity contribution in [2.75, 3.05) is 11.9 Å². The van der Waals surface area contributed by atoms with Crippen LogP contribution in [0.15, 0.2) is 18.2 Å². The zero-order valence-corrected chi connectivity index (χ0v) is 12.0. The minimum absolute atomic E-state index is 0.124. The summed E-state index contributed by atoms with van der Waals surface area (Å²) < 4.78 is 5.69. The van der Waals surface area contributed by atoms with Gasteiger partial charge in [0.1, 0.15) is 6.10 Å². The second-order valence-electron chi connectivity index (χ2n) is 5.92. The Hall–Kier alpha value is -1.51. The lowest BCUT2D eigenvalue weighted by Gasteiger charge is -2.19. The highest BCUT2D eigenvalue weighted by Gasteiger charge is 2.19. The largest absolute Gasteiger partial charge is 0.459 e. The summed E-state index contributed by atoms with van der Waals surface area (Å²) in [5.41, 5.74) is 3.12. The predicted octanol–water partition coefficient (Wildman–Crippen LogP) is 3.92. The first-order chi connectivity index (χ1) is 9.83. The minimum Gasteiger partial charge on any atom is -0.459 e. The Bertz CT molecular complexity index is 476. The molecule has 3 rings (SSSR count). The Morgan fingerprint density at radius 1 is 1.10 bits per heavy atom. The number of anilines is 1. The fourth-order valence-corrected chi connectivity index (χ4v) is 3.18. The summed E-state index contributed by atoms with van der Waals surface area (Å²) in [5.74, 6) is -0.148. The zero-order valence-electron chi connectivity index (χ0n) is 12.0. The van der Waals surface area contributed by atoms with Crippen LogP contribution in [0, 0.1) is 0 Å². The van der Waals surface area contributed by atoms with Gasteiger partial charge in [0.15, 0.2) is 0 Å². The SMILES string of the molecule is O=C(OC1CCCCCC1)c1ccc2c(c1)CCCN2. The molecular formula is C17H23NO2. The van der Waals surface area contributed by atoms with Crippen molar-refractivity contribution < 1.29 is 9.53 Å². The normalized spacial score (nSPS) is 19.6. The highest BCUT2D eigenvalue weighted by molar-refractivity contribution is 5.90. The number of esters is 1. The van der Waals surface area contributed by atoms with Crippen molar-refractivity contribution in [2.45, 2.75) is 57.5 Å². The maximum Gasteiger partial charge on any atom is 0.338 e. The van der Waals surface area contributed by atoms with Crippen LogP contribution in [0.5, 0.6) is 0 Å². The van der Waals surface area contributed by atoms with Crippen LogP contribution in [0.3, 0.4) is 0 Å². The van der Waals surface area contributed by atoms with Crippen molar-refractivity contribution in [3.63, 3.8) is 0 Å². The molecule has 1 aliphatic carbocycles. The second-order valence-corrected chi connectivity index (χ2v) is 5.92. The summed E-state index contributed by atoms with van der Waals surface area (Å²) in [6.07, 6.45) is 9.28. The molecule has 0 atom stereocenters. The van der Waals surface area contributed by atoms with E-state index in [1.54, 1.807) is 0 Å². The van der Waals surface area contributed by atoms with E-state index >= 15 is 0 Å². The molecule has 0 saturated heterocycles. The number of hydrogen-bond acceptors (Lipinski definition) is 3. The van der Waals surface area contributed by atoms with E-state index in [1.807, 2.05) is 18.2 Å². The van der Waals surface area contributed by atoms with Crippen molar-refractivity contribution in [1.29, 1.82) is 0 Å². The molecule has 0 spiro atoms. The van der Waals surface area contributed by atoms with E-state index in [4.69, 9.17) is 4.74 Å². The molecule has 1 saturated carbocycles. The summed E-state index contributed by atoms with van der Waals surface area (Å²) >= 11 is 0. The number of rotatable bonds is 2. The smallest absolute Gasteiger partial charge is 0.338 e. The Kier molecular flexibility index (Phi) is 4.24. The molecule has 3 nitrogen and oxygen atoms in total. The van der Waals surface area contributed by atoms with Gasteiger partial charge in [-0.1, -0.05) is 12.8 Å². The molecule has 1 aromatic carbocycles. The lowest BCUT2D eigenvalue weighted by atomic mass is 10.0. The maximum absolute atomic E-state index is 12.3. The summed E-state index contributed by atoms with van der Waals surface area (Å²) in [4.78, 5) is 12.3. The molecule has 0 aromatic heterocycles. The summed E-state index contributed by atoms with van der Waals surface area (Å²) in [6, 6.07) is 5.90. The highest BCUT2D eigenvalue weighted by atomic mass is 16.5. The standard InChI is InChI=1S/C17H23NO2/c19-17(20-15-7-3-1-2-4-8-15)14-9-10-16-13(12-14)6-5-11-18-16/h9-10,12,15,18H,1-8,11H2. The highest BCUT2D eigenvalue weighted by Crippen LogP contribution is 2.25. The molecule has 0 unspecified atom stereocenters. The molecule has 108 valence electrons. The van der Waals surface area contributed by atoms with Crippen LogP contribution >= 0.6 is 0 Å². The average Bonchev–Trinajstić information content (AvgIpc) is 2.75. The van der Waals surface area contributed by atoms with Gasteiger partial charge in [-0.2, -0.15) is 0 Å². The number of nitrogens with one attached hydrogen (secondary N) is 1. The van der Waals surface area contributed by atoms with Crippen LogP contribution in [0.1, 0.15) is 60.9 Å². The summed E-state index contributed by atoms with van der Waals surface area (Å²) in [7, 11) is 0. The molecule has 0 bridgehead atoms. The third-order valence-corrected chi connectivity index (χ3v) is 4.36. The Morgan fingerprint density at radius 3 is 2.70 bits per heavy atom. The first-order valence-corrected chi connectivity index (χ1v) is 7.91. The average molecular weight is 273 g/mol. The summed E-state index contributed by atoms with van der Waals surface area (Å²) in [6.45, 7) is 1.03. The number of carbonyl (C=O) groups excluding carboxylic acids is 1. The van der Waals surface area contributed by atoms with Gasteiger partial charge in [0, 0.05) is 12.2 Å². The van der Waals surface area contributed by atoms with Crippen molar-refractivity contribution in [1.82, 2.24) is 0 Å². The van der Waals surface area contributed by atoms with Gasteiger partial charge in [-0.3, -0.25) is 0 Å². The van der Waals surface area contributed by atoms with Gasteiger partial charge >= 0.3 is 5.97 Å². The number of hydrogen-bond donors (Lipinski definition) is 1. The zero-order chi connectivity index (χ0) is 13.8. The second kappa shape index (κ2) is 6.29. The van der Waals surface area contributed by atoms with E-state index in [-0.39, 0.29) is 12.1 Å². The van der Waals surface area contributed by atoms with Crippen molar-refractivity contribution in [3.05, 3.63) is 29.3 Å². The number of carbonyl (C=O) groups is 1. The Balaban J connectivity index is 1.67. The number of aryl methyl sites for hydroxylation is 1. The molecule has 1 N–H and O–H groups in total. The van der Waals surface area contributed by atoms with E-state index in [1.165, 1.54) is 36.9 Å². The third kappa shape index (κ3) is 3.14. The summed E-state index contributed by atoms with van der Waals surface area (Å²) in [5, 5.41) is 3.37. The van der Waals surface area contributed by atoms with Crippen LogP contribution in [0.2, 0.25) is 0 Å². The van der Waals surface area contributed by atoms with Crippen LogP contribution in [0.4, 0.5) is 5.69 Å². The van der Waals surface area contributed by atoms with Gasteiger partial charge in [0.05, 0.1) is 5.56 Å². The molecule has 3 heteroatoms. The van der Waals surface area contributed by atoms with E-state index in [9.17, 15) is 4.79 Å². The topological polar surface area (TPSA) is 38.3 Å². The molecule has 0 radical (unpaired) electrons. The third-order valence-electron chi connectivity index (χ3n) is 4.36. The number of ether oxygens (including phenoxy) is 1. The lowest BCUT2D eigenvalue weighted by Crippen LogP contribution is -2.18. The molecule has 1 fully saturated rings. The van der Waals surface area contributed by atoms with E-state index in [2.05, 4.69) is 5.32 Å². The minimum atomic E-state index is -0.148. The predicted molar refractivity (Wildman–Crippen MR) is 80.2 cm³/mol. The monoisotopic (exact) mass is 273 g/mol. The van der Waals surface area contributed by atoms with E-state index < -0.39 is 0 Å². The lowest BCUT2D eigenvalue weighted by molar-refractivity contribution is 0.0267. The van der Waals surface area contributed by atoms with Crippen molar-refractivity contribution >= 4 is 11.7 Å². The molecular weight excluding hydrogens is 250 g/mol. The Labute approximate surface area is 120 Å². The van der Waals surface area contributed by atoms with Crippen LogP contribution in [0.25, 0.3) is 0 Å². The van der Waals surface area contributed by atoms with Gasteiger partial charge in [-0.25, -0.2) is 4.79 Å². The van der Waals surface area contributed by atoms with Crippen molar-refractivity contribution in [2.24, 2.45) is 0 Å². The number of benzene rings is 1. The molecule has 1 aromatic rings. The Morgan fingerprint density at radius 2 is 1.90 bits per heavy atom. The van der Waals surface area contributed by atoms with Crippen LogP contribution in [-0.4, -0.2) is 18.6 Å². The molecule has 20 heavy (non-hydrogen) atoms. The fraction of sp³-hybridized carbons (Fsp3) is 0.588. The first kappa shape index (κ1) is 13.5. The van der Waals surface area contributed by atoms with Gasteiger partial charge in [0.2, 0.25) is 0 Å². The van der Waals surface area contributed by atoms with E-state index in [0.717, 1.165) is 32.2 Å². The van der Waals surface area contributed by atoms with E-state index in [0.29, 0.717) is 5.56 Å². The van der Waals surface area contributed by atoms with Crippen molar-refractivity contribution in [3.8, 4) is 0 Å². The van der Waals surface area contributed by atoms with Gasteiger partial charge < -0.3 is 10.1 Å². The first-order valence-electron chi connectivity index (χ1n) is 7.91. The molecule has 2 aliphatic rings.